The minimum Gasteiger partial charge on any atom is -0.478 e. The molecule has 0 aliphatic carbocycles. The zero-order valence-electron chi connectivity index (χ0n) is 26.1. The number of rotatable bonds is 23. The Morgan fingerprint density at radius 3 is 1.08 bits per heavy atom. The van der Waals surface area contributed by atoms with Crippen LogP contribution in [0.4, 0.5) is 0 Å². The molecule has 0 saturated carbocycles. The van der Waals surface area contributed by atoms with Crippen LogP contribution in [0.25, 0.3) is 0 Å². The maximum absolute atomic E-state index is 13.0. The fraction of sp³-hybridized carbons (Fsp3) is 0.303. The molecule has 0 amide bonds. The minimum atomic E-state index is -1.68. The Morgan fingerprint density at radius 2 is 0.792 bits per heavy atom. The van der Waals surface area contributed by atoms with Gasteiger partial charge in [-0.25, -0.2) is 33.6 Å². The van der Waals surface area contributed by atoms with Crippen LogP contribution in [0.5, 0.6) is 0 Å². The number of hydrogen-bond acceptors (Lipinski definition) is 14. The third-order valence-electron chi connectivity index (χ3n) is 6.14. The van der Waals surface area contributed by atoms with E-state index in [-0.39, 0.29) is 11.1 Å². The van der Waals surface area contributed by atoms with Gasteiger partial charge < -0.3 is 38.3 Å². The van der Waals surface area contributed by atoms with E-state index in [2.05, 4.69) is 32.9 Å². The van der Waals surface area contributed by atoms with Gasteiger partial charge in [-0.15, -0.1) is 0 Å². The molecule has 1 rings (SSSR count). The number of esters is 6. The van der Waals surface area contributed by atoms with Crippen LogP contribution in [0.3, 0.4) is 0 Å². The van der Waals surface area contributed by atoms with E-state index in [0.29, 0.717) is 0 Å². The van der Waals surface area contributed by atoms with E-state index in [9.17, 15) is 38.7 Å². The molecule has 0 atom stereocenters. The van der Waals surface area contributed by atoms with E-state index in [1.165, 1.54) is 24.3 Å². The number of hydrogen-bond donors (Lipinski definition) is 1. The standard InChI is InChI=1S/C33H36O15/c1-6-25(34)43-17-32(18-44-26(35)7-2,19-45-27(36)8-3)15-42-16-33(20-46-28(37)9-4,21-47-29(38)10-5)22-48-31(41)24-14-12-11-13-23(24)30(39)40/h6-14H,1-5,15-22H2,(H,39,40). The number of carboxylic acids is 1. The summed E-state index contributed by atoms with van der Waals surface area (Å²) in [5.74, 6) is -6.92. The maximum Gasteiger partial charge on any atom is 0.339 e. The quantitative estimate of drug-likeness (QED) is 0.101. The molecule has 0 bridgehead atoms. The van der Waals surface area contributed by atoms with Crippen LogP contribution in [0.1, 0.15) is 20.7 Å². The summed E-state index contributed by atoms with van der Waals surface area (Å²) in [7, 11) is 0. The molecule has 0 fully saturated rings. The Bertz CT molecular complexity index is 1320. The van der Waals surface area contributed by atoms with Crippen molar-refractivity contribution in [3.8, 4) is 0 Å². The minimum absolute atomic E-state index is 0.304. The molecule has 0 radical (unpaired) electrons. The first-order valence-electron chi connectivity index (χ1n) is 13.8. The van der Waals surface area contributed by atoms with Crippen molar-refractivity contribution in [2.75, 3.05) is 52.9 Å². The molecular formula is C33H36O15. The zero-order chi connectivity index (χ0) is 36.2. The molecule has 0 aromatic heterocycles. The number of carboxylic acid groups (broad SMARTS) is 1. The monoisotopic (exact) mass is 672 g/mol. The first-order valence-corrected chi connectivity index (χ1v) is 13.8. The van der Waals surface area contributed by atoms with Crippen LogP contribution < -0.4 is 0 Å². The van der Waals surface area contributed by atoms with Gasteiger partial charge in [-0.05, 0) is 12.1 Å². The highest BCUT2D eigenvalue weighted by atomic mass is 16.6. The number of aromatic carboxylic acids is 1. The van der Waals surface area contributed by atoms with Crippen LogP contribution in [0.2, 0.25) is 0 Å². The molecule has 1 aromatic rings. The second kappa shape index (κ2) is 20.3. The first-order chi connectivity index (χ1) is 22.8. The maximum atomic E-state index is 13.0. The predicted molar refractivity (Wildman–Crippen MR) is 165 cm³/mol. The molecule has 258 valence electrons. The SMILES string of the molecule is C=CC(=O)OCC(COCC(COC(=O)C=C)(COC(=O)C=C)COC(=O)c1ccccc1C(=O)O)(COC(=O)C=C)COC(=O)C=C. The Hall–Kier alpha value is -5.83. The lowest BCUT2D eigenvalue weighted by Crippen LogP contribution is -2.47. The first kappa shape index (κ1) is 40.2. The van der Waals surface area contributed by atoms with Crippen LogP contribution in [0, 0.1) is 10.8 Å². The zero-order valence-corrected chi connectivity index (χ0v) is 26.1. The van der Waals surface area contributed by atoms with Crippen molar-refractivity contribution in [3.05, 3.63) is 98.7 Å². The molecule has 1 aromatic carbocycles. The molecule has 48 heavy (non-hydrogen) atoms. The third kappa shape index (κ3) is 13.7. The molecule has 0 unspecified atom stereocenters. The molecule has 0 saturated heterocycles. The van der Waals surface area contributed by atoms with Crippen molar-refractivity contribution in [1.29, 1.82) is 0 Å². The molecular weight excluding hydrogens is 636 g/mol. The van der Waals surface area contributed by atoms with Crippen molar-refractivity contribution < 1.29 is 71.8 Å². The summed E-state index contributed by atoms with van der Waals surface area (Å²) in [5.41, 5.74) is -3.91. The summed E-state index contributed by atoms with van der Waals surface area (Å²) in [6, 6.07) is 5.21. The number of ether oxygens (including phenoxy) is 7. The van der Waals surface area contributed by atoms with Gasteiger partial charge in [-0.1, -0.05) is 45.0 Å². The molecule has 0 heterocycles. The lowest BCUT2D eigenvalue weighted by atomic mass is 9.90. The lowest BCUT2D eigenvalue weighted by molar-refractivity contribution is -0.167. The Balaban J connectivity index is 3.53. The van der Waals surface area contributed by atoms with E-state index in [4.69, 9.17) is 33.2 Å². The van der Waals surface area contributed by atoms with Gasteiger partial charge in [0.1, 0.15) is 39.6 Å². The topological polar surface area (TPSA) is 204 Å². The van der Waals surface area contributed by atoms with E-state index < -0.39 is 105 Å². The normalized spacial score (nSPS) is 10.7. The van der Waals surface area contributed by atoms with Crippen molar-refractivity contribution in [3.63, 3.8) is 0 Å². The van der Waals surface area contributed by atoms with Crippen molar-refractivity contribution in [2.24, 2.45) is 10.8 Å². The average molecular weight is 673 g/mol. The van der Waals surface area contributed by atoms with Crippen molar-refractivity contribution in [1.82, 2.24) is 0 Å². The number of benzene rings is 1. The Morgan fingerprint density at radius 1 is 0.500 bits per heavy atom. The van der Waals surface area contributed by atoms with Gasteiger partial charge >= 0.3 is 41.8 Å². The molecule has 0 aliphatic heterocycles. The predicted octanol–water partition coefficient (Wildman–Crippen LogP) is 2.18. The second-order valence-corrected chi connectivity index (χ2v) is 9.98. The van der Waals surface area contributed by atoms with Gasteiger partial charge in [0.05, 0.1) is 35.2 Å². The second-order valence-electron chi connectivity index (χ2n) is 9.98. The van der Waals surface area contributed by atoms with Gasteiger partial charge in [0.15, 0.2) is 0 Å². The summed E-state index contributed by atoms with van der Waals surface area (Å²) < 4.78 is 37.3. The van der Waals surface area contributed by atoms with E-state index in [1.54, 1.807) is 0 Å². The Labute approximate surface area is 276 Å². The van der Waals surface area contributed by atoms with E-state index >= 15 is 0 Å². The summed E-state index contributed by atoms with van der Waals surface area (Å²) in [6.45, 7) is 12.0. The van der Waals surface area contributed by atoms with Gasteiger partial charge in [0.2, 0.25) is 0 Å². The third-order valence-corrected chi connectivity index (χ3v) is 6.14. The van der Waals surface area contributed by atoms with Crippen LogP contribution in [-0.2, 0) is 57.1 Å². The summed E-state index contributed by atoms with van der Waals surface area (Å²) in [6.07, 6.45) is 4.28. The largest absolute Gasteiger partial charge is 0.478 e. The molecule has 0 spiro atoms. The highest BCUT2D eigenvalue weighted by Crippen LogP contribution is 2.26. The molecule has 0 aliphatic rings. The van der Waals surface area contributed by atoms with Crippen LogP contribution in [-0.4, -0.2) is 99.7 Å². The fourth-order valence-electron chi connectivity index (χ4n) is 3.54. The molecule has 1 N–H and O–H groups in total. The van der Waals surface area contributed by atoms with Gasteiger partial charge in [0.25, 0.3) is 0 Å². The molecule has 15 nitrogen and oxygen atoms in total. The van der Waals surface area contributed by atoms with Gasteiger partial charge in [0, 0.05) is 30.4 Å². The van der Waals surface area contributed by atoms with E-state index in [0.717, 1.165) is 30.4 Å². The average Bonchev–Trinajstić information content (AvgIpc) is 3.11. The van der Waals surface area contributed by atoms with E-state index in [1.807, 2.05) is 0 Å². The number of carbonyl (C=O) groups is 7. The highest BCUT2D eigenvalue weighted by molar-refractivity contribution is 6.02. The smallest absolute Gasteiger partial charge is 0.339 e. The molecule has 15 heteroatoms. The lowest BCUT2D eigenvalue weighted by Gasteiger charge is -2.35. The summed E-state index contributed by atoms with van der Waals surface area (Å²) >= 11 is 0. The Kier molecular flexibility index (Phi) is 17.0. The van der Waals surface area contributed by atoms with Crippen LogP contribution >= 0.6 is 0 Å². The summed E-state index contributed by atoms with van der Waals surface area (Å²) in [5, 5.41) is 9.49. The van der Waals surface area contributed by atoms with Gasteiger partial charge in [-0.3, -0.25) is 0 Å². The van der Waals surface area contributed by atoms with Crippen molar-refractivity contribution >= 4 is 41.8 Å². The van der Waals surface area contributed by atoms with Gasteiger partial charge in [-0.2, -0.15) is 0 Å². The van der Waals surface area contributed by atoms with Crippen molar-refractivity contribution in [2.45, 2.75) is 0 Å². The fourth-order valence-corrected chi connectivity index (χ4v) is 3.54. The number of carbonyl (C=O) groups excluding carboxylic acids is 6. The summed E-state index contributed by atoms with van der Waals surface area (Å²) in [4.78, 5) is 84.6. The van der Waals surface area contributed by atoms with Crippen LogP contribution in [0.15, 0.2) is 87.5 Å². The highest BCUT2D eigenvalue weighted by Gasteiger charge is 2.40.